The summed E-state index contributed by atoms with van der Waals surface area (Å²) in [6.45, 7) is 1.94. The van der Waals surface area contributed by atoms with Crippen LogP contribution in [0.15, 0.2) is 48.1 Å². The van der Waals surface area contributed by atoms with Gasteiger partial charge in [-0.1, -0.05) is 6.07 Å². The van der Waals surface area contributed by atoms with Crippen LogP contribution in [-0.4, -0.2) is 40.9 Å². The number of likely N-dealkylation sites (N-methyl/N-ethyl adjacent to an activating group) is 1. The number of fused-ring (bicyclic) bond motifs is 2. The molecule has 31 heavy (non-hydrogen) atoms. The van der Waals surface area contributed by atoms with Crippen LogP contribution in [0.25, 0.3) is 0 Å². The van der Waals surface area contributed by atoms with E-state index in [2.05, 4.69) is 9.88 Å². The number of anilines is 3. The summed E-state index contributed by atoms with van der Waals surface area (Å²) in [7, 11) is 1.79. The molecule has 2 amide bonds. The number of hydrogen-bond acceptors (Lipinski definition) is 6. The number of carbonyl (C=O) groups is 2. The zero-order valence-corrected chi connectivity index (χ0v) is 18.0. The lowest BCUT2D eigenvalue weighted by molar-refractivity contribution is -0.119. The van der Waals surface area contributed by atoms with Gasteiger partial charge in [-0.3, -0.25) is 19.5 Å². The van der Waals surface area contributed by atoms with E-state index in [1.54, 1.807) is 29.2 Å². The van der Waals surface area contributed by atoms with Crippen molar-refractivity contribution in [2.75, 3.05) is 21.7 Å². The third-order valence-electron chi connectivity index (χ3n) is 6.40. The van der Waals surface area contributed by atoms with Gasteiger partial charge in [-0.15, -0.1) is 11.3 Å². The Hall–Kier alpha value is -3.26. The number of aromatic nitrogens is 2. The molecule has 1 fully saturated rings. The van der Waals surface area contributed by atoms with Gasteiger partial charge in [-0.05, 0) is 55.0 Å². The number of nitrogens with zero attached hydrogens (tertiary/aromatic N) is 5. The second-order valence-corrected chi connectivity index (χ2v) is 9.21. The first-order valence-electron chi connectivity index (χ1n) is 10.4. The van der Waals surface area contributed by atoms with E-state index in [0.29, 0.717) is 11.9 Å². The molecule has 8 heteroatoms. The first-order valence-corrected chi connectivity index (χ1v) is 11.3. The molecule has 1 aliphatic carbocycles. The van der Waals surface area contributed by atoms with Gasteiger partial charge >= 0.3 is 0 Å². The molecular weight excluding hydrogens is 410 g/mol. The first kappa shape index (κ1) is 18.5. The molecule has 1 saturated carbocycles. The number of carbonyl (C=O) groups excluding carboxylic acids is 2. The van der Waals surface area contributed by atoms with Crippen LogP contribution in [0.1, 0.15) is 46.6 Å². The highest BCUT2D eigenvalue weighted by molar-refractivity contribution is 7.12. The Balaban J connectivity index is 1.50. The van der Waals surface area contributed by atoms with Gasteiger partial charge in [-0.2, -0.15) is 0 Å². The minimum Gasteiger partial charge on any atom is -0.340 e. The van der Waals surface area contributed by atoms with Crippen LogP contribution in [0.5, 0.6) is 0 Å². The van der Waals surface area contributed by atoms with Crippen molar-refractivity contribution in [1.29, 1.82) is 0 Å². The van der Waals surface area contributed by atoms with Gasteiger partial charge in [-0.25, -0.2) is 4.98 Å². The van der Waals surface area contributed by atoms with Gasteiger partial charge in [0.25, 0.3) is 5.91 Å². The maximum Gasteiger partial charge on any atom is 0.270 e. The van der Waals surface area contributed by atoms with E-state index in [1.165, 1.54) is 11.3 Å². The second-order valence-electron chi connectivity index (χ2n) is 8.29. The third-order valence-corrected chi connectivity index (χ3v) is 7.32. The lowest BCUT2D eigenvalue weighted by Gasteiger charge is -2.40. The zero-order valence-electron chi connectivity index (χ0n) is 17.2. The van der Waals surface area contributed by atoms with Gasteiger partial charge in [0.2, 0.25) is 5.91 Å². The molecule has 6 rings (SSSR count). The van der Waals surface area contributed by atoms with E-state index >= 15 is 0 Å². The van der Waals surface area contributed by atoms with E-state index in [1.807, 2.05) is 42.6 Å². The maximum absolute atomic E-state index is 13.4. The van der Waals surface area contributed by atoms with Gasteiger partial charge in [0, 0.05) is 31.0 Å². The summed E-state index contributed by atoms with van der Waals surface area (Å²) in [5, 5.41) is 1.96. The van der Waals surface area contributed by atoms with Crippen LogP contribution in [0.2, 0.25) is 0 Å². The summed E-state index contributed by atoms with van der Waals surface area (Å²) >= 11 is 1.46. The second kappa shape index (κ2) is 6.62. The Morgan fingerprint density at radius 1 is 1.13 bits per heavy atom. The largest absolute Gasteiger partial charge is 0.340 e. The fourth-order valence-electron chi connectivity index (χ4n) is 4.74. The minimum absolute atomic E-state index is 0.0439. The zero-order chi connectivity index (χ0) is 21.3. The Kier molecular flexibility index (Phi) is 3.95. The number of pyridine rings is 2. The molecule has 3 aliphatic rings. The van der Waals surface area contributed by atoms with Gasteiger partial charge in [0.1, 0.15) is 11.9 Å². The topological polar surface area (TPSA) is 69.6 Å². The Morgan fingerprint density at radius 3 is 2.71 bits per heavy atom. The lowest BCUT2D eigenvalue weighted by Crippen LogP contribution is -2.52. The van der Waals surface area contributed by atoms with Crippen molar-refractivity contribution in [3.8, 4) is 0 Å². The van der Waals surface area contributed by atoms with Crippen molar-refractivity contribution in [3.05, 3.63) is 64.1 Å². The van der Waals surface area contributed by atoms with Crippen molar-refractivity contribution in [2.24, 2.45) is 0 Å². The van der Waals surface area contributed by atoms with Crippen molar-refractivity contribution < 1.29 is 9.59 Å². The highest BCUT2D eigenvalue weighted by atomic mass is 32.1. The van der Waals surface area contributed by atoms with Crippen LogP contribution in [-0.2, 0) is 4.79 Å². The van der Waals surface area contributed by atoms with Crippen LogP contribution < -0.4 is 14.7 Å². The predicted octanol–water partition coefficient (Wildman–Crippen LogP) is 3.62. The molecule has 0 spiro atoms. The predicted molar refractivity (Wildman–Crippen MR) is 120 cm³/mol. The summed E-state index contributed by atoms with van der Waals surface area (Å²) in [5.74, 6) is 1.41. The van der Waals surface area contributed by atoms with Crippen molar-refractivity contribution in [1.82, 2.24) is 9.97 Å². The molecular formula is C23H21N5O2S. The summed E-state index contributed by atoms with van der Waals surface area (Å²) < 4.78 is 0. The van der Waals surface area contributed by atoms with E-state index in [-0.39, 0.29) is 23.9 Å². The molecule has 0 bridgehead atoms. The molecule has 0 aromatic carbocycles. The number of hydrogen-bond donors (Lipinski definition) is 0. The monoisotopic (exact) mass is 431 g/mol. The van der Waals surface area contributed by atoms with E-state index in [0.717, 1.165) is 40.4 Å². The molecule has 7 nitrogen and oxygen atoms in total. The standard InChI is InChI=1S/C23H21N5O2S/c1-13-22(29)26(2)17-7-8-18(25-21(17)27(13)15-5-6-15)28-19(14-4-3-10-24-12-14)16-9-11-31-20(16)23(28)30/h3-4,7-13,15,19H,5-6H2,1-2H3. The van der Waals surface area contributed by atoms with Gasteiger partial charge in [0.15, 0.2) is 5.82 Å². The van der Waals surface area contributed by atoms with Crippen LogP contribution in [0.3, 0.4) is 0 Å². The molecule has 0 N–H and O–H groups in total. The molecule has 5 heterocycles. The molecule has 3 aromatic rings. The number of rotatable bonds is 3. The minimum atomic E-state index is -0.266. The number of thiophene rings is 1. The van der Waals surface area contributed by atoms with Gasteiger partial charge < -0.3 is 9.80 Å². The van der Waals surface area contributed by atoms with Crippen molar-refractivity contribution >= 4 is 40.5 Å². The highest BCUT2D eigenvalue weighted by Crippen LogP contribution is 2.46. The maximum atomic E-state index is 13.4. The smallest absolute Gasteiger partial charge is 0.270 e. The fraction of sp³-hybridized carbons (Fsp3) is 0.304. The fourth-order valence-corrected chi connectivity index (χ4v) is 5.60. The molecule has 2 atom stereocenters. The molecule has 0 radical (unpaired) electrons. The summed E-state index contributed by atoms with van der Waals surface area (Å²) in [6, 6.07) is 9.46. The quantitative estimate of drug-likeness (QED) is 0.634. The van der Waals surface area contributed by atoms with E-state index in [9.17, 15) is 9.59 Å². The lowest BCUT2D eigenvalue weighted by atomic mass is 10.0. The highest BCUT2D eigenvalue weighted by Gasteiger charge is 2.44. The normalized spacial score (nSPS) is 22.7. The molecule has 2 unspecified atom stereocenters. The molecule has 2 aliphatic heterocycles. The van der Waals surface area contributed by atoms with E-state index < -0.39 is 0 Å². The summed E-state index contributed by atoms with van der Waals surface area (Å²) in [4.78, 5) is 41.8. The summed E-state index contributed by atoms with van der Waals surface area (Å²) in [6.07, 6.45) is 5.66. The molecule has 0 saturated heterocycles. The Labute approximate surface area is 183 Å². The average Bonchev–Trinajstić information content (AvgIpc) is 3.43. The summed E-state index contributed by atoms with van der Waals surface area (Å²) in [5.41, 5.74) is 2.73. The Morgan fingerprint density at radius 2 is 1.97 bits per heavy atom. The molecule has 156 valence electrons. The Bertz CT molecular complexity index is 1210. The third kappa shape index (κ3) is 2.64. The first-order chi connectivity index (χ1) is 15.1. The van der Waals surface area contributed by atoms with Gasteiger partial charge in [0.05, 0.1) is 16.6 Å². The SMILES string of the molecule is CC1C(=O)N(C)c2ccc(N3C(=O)c4sccc4C3c3cccnc3)nc2N1C1CC1. The number of amides is 2. The molecule has 3 aromatic heterocycles. The van der Waals surface area contributed by atoms with Crippen molar-refractivity contribution in [2.45, 2.75) is 37.9 Å². The van der Waals surface area contributed by atoms with Crippen LogP contribution in [0.4, 0.5) is 17.3 Å². The van der Waals surface area contributed by atoms with Crippen LogP contribution >= 0.6 is 11.3 Å². The van der Waals surface area contributed by atoms with Crippen LogP contribution in [0, 0.1) is 0 Å². The average molecular weight is 432 g/mol. The van der Waals surface area contributed by atoms with Crippen molar-refractivity contribution in [3.63, 3.8) is 0 Å². The van der Waals surface area contributed by atoms with E-state index in [4.69, 9.17) is 4.98 Å².